The quantitative estimate of drug-likeness (QED) is 0.915. The monoisotopic (exact) mass is 308 g/mol. The Bertz CT molecular complexity index is 686. The van der Waals surface area contributed by atoms with Gasteiger partial charge in [0.1, 0.15) is 10.7 Å². The van der Waals surface area contributed by atoms with E-state index in [2.05, 4.69) is 0 Å². The highest BCUT2D eigenvalue weighted by Crippen LogP contribution is 2.35. The minimum Gasteiger partial charge on any atom is -0.397 e. The third kappa shape index (κ3) is 2.61. The van der Waals surface area contributed by atoms with Gasteiger partial charge in [-0.3, -0.25) is 4.79 Å². The van der Waals surface area contributed by atoms with Gasteiger partial charge in [-0.25, -0.2) is 4.39 Å². The van der Waals surface area contributed by atoms with Crippen LogP contribution in [0.5, 0.6) is 0 Å². The molecule has 21 heavy (non-hydrogen) atoms. The van der Waals surface area contributed by atoms with E-state index in [1.165, 1.54) is 23.5 Å². The maximum Gasteiger partial charge on any atom is 0.266 e. The Morgan fingerprint density at radius 3 is 3.10 bits per heavy atom. The van der Waals surface area contributed by atoms with E-state index in [-0.39, 0.29) is 18.3 Å². The smallest absolute Gasteiger partial charge is 0.266 e. The number of amides is 1. The van der Waals surface area contributed by atoms with Crippen LogP contribution in [0.25, 0.3) is 10.1 Å². The van der Waals surface area contributed by atoms with Crippen molar-refractivity contribution < 1.29 is 14.3 Å². The molecular weight excluding hydrogens is 291 g/mol. The van der Waals surface area contributed by atoms with Crippen LogP contribution in [-0.2, 0) is 0 Å². The topological polar surface area (TPSA) is 66.6 Å². The Balaban J connectivity index is 1.87. The van der Waals surface area contributed by atoms with E-state index in [0.29, 0.717) is 35.0 Å². The molecule has 2 heterocycles. The van der Waals surface area contributed by atoms with Gasteiger partial charge in [0.05, 0.1) is 5.69 Å². The summed E-state index contributed by atoms with van der Waals surface area (Å²) in [5.41, 5.74) is 6.39. The molecule has 1 unspecified atom stereocenters. The van der Waals surface area contributed by atoms with Gasteiger partial charge in [-0.2, -0.15) is 0 Å². The van der Waals surface area contributed by atoms with Crippen molar-refractivity contribution in [2.45, 2.75) is 12.8 Å². The summed E-state index contributed by atoms with van der Waals surface area (Å²) in [6, 6.07) is 4.40. The third-order valence-electron chi connectivity index (χ3n) is 3.99. The molecule has 0 spiro atoms. The molecule has 0 radical (unpaired) electrons. The van der Waals surface area contributed by atoms with Crippen LogP contribution in [0.4, 0.5) is 10.1 Å². The molecule has 2 aromatic rings. The van der Waals surface area contributed by atoms with Crippen LogP contribution in [0, 0.1) is 11.7 Å². The number of likely N-dealkylation sites (tertiary alicyclic amines) is 1. The molecule has 4 nitrogen and oxygen atoms in total. The van der Waals surface area contributed by atoms with Crippen molar-refractivity contribution in [3.05, 3.63) is 28.9 Å². The Morgan fingerprint density at radius 2 is 2.33 bits per heavy atom. The molecule has 0 bridgehead atoms. The van der Waals surface area contributed by atoms with E-state index >= 15 is 0 Å². The normalized spacial score (nSPS) is 18.6. The van der Waals surface area contributed by atoms with Crippen LogP contribution >= 0.6 is 11.3 Å². The number of nitrogens with zero attached hydrogens (tertiary/aromatic N) is 1. The molecule has 1 aliphatic rings. The molecule has 1 aromatic carbocycles. The fraction of sp³-hybridized carbons (Fsp3) is 0.400. The van der Waals surface area contributed by atoms with Crippen LogP contribution < -0.4 is 5.73 Å². The first-order chi connectivity index (χ1) is 10.1. The number of nitrogen functional groups attached to an aromatic ring is 1. The molecule has 1 atom stereocenters. The van der Waals surface area contributed by atoms with Crippen molar-refractivity contribution in [3.63, 3.8) is 0 Å². The Morgan fingerprint density at radius 1 is 1.52 bits per heavy atom. The molecular formula is C15H17FN2O2S. The molecule has 0 aliphatic carbocycles. The second-order valence-electron chi connectivity index (χ2n) is 5.40. The molecule has 0 saturated carbocycles. The molecule has 1 fully saturated rings. The van der Waals surface area contributed by atoms with Crippen molar-refractivity contribution in [1.82, 2.24) is 4.90 Å². The average Bonchev–Trinajstić information content (AvgIpc) is 3.05. The largest absolute Gasteiger partial charge is 0.397 e. The summed E-state index contributed by atoms with van der Waals surface area (Å²) in [5.74, 6) is -0.0864. The van der Waals surface area contributed by atoms with E-state index < -0.39 is 0 Å². The summed E-state index contributed by atoms with van der Waals surface area (Å²) >= 11 is 1.31. The fourth-order valence-corrected chi connectivity index (χ4v) is 3.90. The zero-order chi connectivity index (χ0) is 15.0. The Labute approximate surface area is 126 Å². The molecule has 1 aliphatic heterocycles. The van der Waals surface area contributed by atoms with Gasteiger partial charge in [0, 0.05) is 29.8 Å². The Hall–Kier alpha value is -1.66. The van der Waals surface area contributed by atoms with Crippen molar-refractivity contribution in [1.29, 1.82) is 0 Å². The van der Waals surface area contributed by atoms with Crippen molar-refractivity contribution in [2.24, 2.45) is 5.92 Å². The molecule has 112 valence electrons. The molecule has 3 N–H and O–H groups in total. The van der Waals surface area contributed by atoms with Gasteiger partial charge in [0.25, 0.3) is 5.91 Å². The number of aliphatic hydroxyl groups excluding tert-OH is 1. The van der Waals surface area contributed by atoms with Crippen LogP contribution in [0.3, 0.4) is 0 Å². The van der Waals surface area contributed by atoms with E-state index in [1.807, 2.05) is 0 Å². The van der Waals surface area contributed by atoms with E-state index in [4.69, 9.17) is 10.8 Å². The predicted octanol–water partition coefficient (Wildman–Crippen LogP) is 2.47. The minimum absolute atomic E-state index is 0.0884. The first-order valence-electron chi connectivity index (χ1n) is 6.98. The van der Waals surface area contributed by atoms with Gasteiger partial charge in [-0.05, 0) is 37.0 Å². The first kappa shape index (κ1) is 14.3. The summed E-state index contributed by atoms with van der Waals surface area (Å²) in [7, 11) is 0. The van der Waals surface area contributed by atoms with Crippen molar-refractivity contribution in [3.8, 4) is 0 Å². The highest BCUT2D eigenvalue weighted by atomic mass is 32.1. The lowest BCUT2D eigenvalue weighted by molar-refractivity contribution is 0.0790. The second-order valence-corrected chi connectivity index (χ2v) is 6.46. The maximum atomic E-state index is 13.3. The zero-order valence-electron chi connectivity index (χ0n) is 11.5. The van der Waals surface area contributed by atoms with Crippen molar-refractivity contribution >= 4 is 33.0 Å². The molecule has 6 heteroatoms. The SMILES string of the molecule is Nc1c(C(=O)N2CCC(CCO)C2)sc2ccc(F)cc12. The van der Waals surface area contributed by atoms with E-state index in [0.717, 1.165) is 17.5 Å². The number of hydrogen-bond acceptors (Lipinski definition) is 4. The van der Waals surface area contributed by atoms with Gasteiger partial charge in [-0.15, -0.1) is 11.3 Å². The number of halogens is 1. The lowest BCUT2D eigenvalue weighted by Gasteiger charge is -2.15. The van der Waals surface area contributed by atoms with Crippen LogP contribution in [0.1, 0.15) is 22.5 Å². The molecule has 3 rings (SSSR count). The summed E-state index contributed by atoms with van der Waals surface area (Å²) < 4.78 is 14.1. The minimum atomic E-state index is -0.352. The van der Waals surface area contributed by atoms with E-state index in [1.54, 1.807) is 11.0 Å². The van der Waals surface area contributed by atoms with Crippen LogP contribution in [0.15, 0.2) is 18.2 Å². The van der Waals surface area contributed by atoms with Gasteiger partial charge in [0.15, 0.2) is 0 Å². The molecule has 1 aromatic heterocycles. The van der Waals surface area contributed by atoms with Crippen LogP contribution in [-0.4, -0.2) is 35.6 Å². The summed E-state index contributed by atoms with van der Waals surface area (Å²) in [6.45, 7) is 1.49. The molecule has 1 saturated heterocycles. The highest BCUT2D eigenvalue weighted by Gasteiger charge is 2.29. The standard InChI is InChI=1S/C15H17FN2O2S/c16-10-1-2-12-11(7-10)13(17)14(21-12)15(20)18-5-3-9(8-18)4-6-19/h1-2,7,9,19H,3-6,8,17H2. The van der Waals surface area contributed by atoms with Gasteiger partial charge >= 0.3 is 0 Å². The number of benzene rings is 1. The number of hydrogen-bond donors (Lipinski definition) is 2. The lowest BCUT2D eigenvalue weighted by Crippen LogP contribution is -2.28. The molecule has 1 amide bonds. The third-order valence-corrected chi connectivity index (χ3v) is 5.17. The predicted molar refractivity (Wildman–Crippen MR) is 81.9 cm³/mol. The number of rotatable bonds is 3. The van der Waals surface area contributed by atoms with E-state index in [9.17, 15) is 9.18 Å². The number of carbonyl (C=O) groups excluding carboxylic acids is 1. The Kier molecular flexibility index (Phi) is 3.82. The lowest BCUT2D eigenvalue weighted by atomic mass is 10.1. The summed E-state index contributed by atoms with van der Waals surface area (Å²) in [4.78, 5) is 14.8. The summed E-state index contributed by atoms with van der Waals surface area (Å²) in [6.07, 6.45) is 1.63. The zero-order valence-corrected chi connectivity index (χ0v) is 12.3. The maximum absolute atomic E-state index is 13.3. The van der Waals surface area contributed by atoms with Gasteiger partial charge in [-0.1, -0.05) is 0 Å². The van der Waals surface area contributed by atoms with Gasteiger partial charge < -0.3 is 15.7 Å². The number of carbonyl (C=O) groups is 1. The number of anilines is 1. The average molecular weight is 308 g/mol. The fourth-order valence-electron chi connectivity index (χ4n) is 2.83. The number of fused-ring (bicyclic) bond motifs is 1. The first-order valence-corrected chi connectivity index (χ1v) is 7.79. The number of thiophene rings is 1. The van der Waals surface area contributed by atoms with Crippen LogP contribution in [0.2, 0.25) is 0 Å². The van der Waals surface area contributed by atoms with Gasteiger partial charge in [0.2, 0.25) is 0 Å². The summed E-state index contributed by atoms with van der Waals surface area (Å²) in [5, 5.41) is 9.58. The van der Waals surface area contributed by atoms with Crippen molar-refractivity contribution in [2.75, 3.05) is 25.4 Å². The number of nitrogens with two attached hydrogens (primary N) is 1. The highest BCUT2D eigenvalue weighted by molar-refractivity contribution is 7.21. The second kappa shape index (κ2) is 5.61. The number of aliphatic hydroxyl groups is 1.